The Morgan fingerprint density at radius 2 is 2.40 bits per heavy atom. The fourth-order valence-corrected chi connectivity index (χ4v) is 3.05. The first-order valence-corrected chi connectivity index (χ1v) is 6.08. The van der Waals surface area contributed by atoms with Gasteiger partial charge in [-0.3, -0.25) is 0 Å². The third kappa shape index (κ3) is 2.19. The van der Waals surface area contributed by atoms with E-state index >= 15 is 0 Å². The molecule has 0 amide bonds. The summed E-state index contributed by atoms with van der Waals surface area (Å²) in [6.07, 6.45) is 2.45. The van der Waals surface area contributed by atoms with Crippen LogP contribution in [0.15, 0.2) is 0 Å². The number of hydrogen-bond acceptors (Lipinski definition) is 4. The Hall–Kier alpha value is -0.920. The van der Waals surface area contributed by atoms with Gasteiger partial charge in [0, 0.05) is 12.5 Å². The molecular formula is C11H15N3S. The van der Waals surface area contributed by atoms with Gasteiger partial charge < -0.3 is 4.90 Å². The lowest BCUT2D eigenvalue weighted by Gasteiger charge is -2.28. The van der Waals surface area contributed by atoms with Crippen molar-refractivity contribution in [1.82, 2.24) is 9.88 Å². The molecule has 3 nitrogen and oxygen atoms in total. The highest BCUT2D eigenvalue weighted by Gasteiger charge is 2.22. The SMILES string of the molecule is Cc1nc(C2CCCN(C)C2)sc1C#N. The predicted octanol–water partition coefficient (Wildman–Crippen LogP) is 2.13. The number of nitriles is 1. The fraction of sp³-hybridized carbons (Fsp3) is 0.636. The van der Waals surface area contributed by atoms with E-state index in [4.69, 9.17) is 5.26 Å². The van der Waals surface area contributed by atoms with Crippen molar-refractivity contribution in [3.05, 3.63) is 15.6 Å². The summed E-state index contributed by atoms with van der Waals surface area (Å²) in [7, 11) is 2.15. The highest BCUT2D eigenvalue weighted by Crippen LogP contribution is 2.30. The second-order valence-electron chi connectivity index (χ2n) is 4.18. The van der Waals surface area contributed by atoms with Crippen molar-refractivity contribution >= 4 is 11.3 Å². The molecule has 1 unspecified atom stereocenters. The van der Waals surface area contributed by atoms with Crippen molar-refractivity contribution in [1.29, 1.82) is 5.26 Å². The Labute approximate surface area is 94.4 Å². The zero-order valence-electron chi connectivity index (χ0n) is 9.16. The Kier molecular flexibility index (Phi) is 3.03. The van der Waals surface area contributed by atoms with Crippen molar-refractivity contribution in [3.8, 4) is 6.07 Å². The van der Waals surface area contributed by atoms with Crippen LogP contribution in [0.4, 0.5) is 0 Å². The van der Waals surface area contributed by atoms with E-state index in [0.717, 1.165) is 22.1 Å². The Balaban J connectivity index is 2.18. The molecule has 4 heteroatoms. The monoisotopic (exact) mass is 221 g/mol. The number of nitrogens with zero attached hydrogens (tertiary/aromatic N) is 3. The molecule has 2 heterocycles. The molecular weight excluding hydrogens is 206 g/mol. The van der Waals surface area contributed by atoms with Crippen molar-refractivity contribution in [2.45, 2.75) is 25.7 Å². The molecule has 1 saturated heterocycles. The van der Waals surface area contributed by atoms with Gasteiger partial charge in [0.1, 0.15) is 10.9 Å². The van der Waals surface area contributed by atoms with Gasteiger partial charge in [0.25, 0.3) is 0 Å². The molecule has 0 aromatic carbocycles. The maximum atomic E-state index is 8.89. The van der Waals surface area contributed by atoms with E-state index < -0.39 is 0 Å². The number of aryl methyl sites for hydroxylation is 1. The van der Waals surface area contributed by atoms with E-state index in [1.165, 1.54) is 19.4 Å². The number of piperidine rings is 1. The summed E-state index contributed by atoms with van der Waals surface area (Å²) >= 11 is 1.57. The fourth-order valence-electron chi connectivity index (χ4n) is 2.06. The molecule has 0 radical (unpaired) electrons. The molecule has 0 N–H and O–H groups in total. The Morgan fingerprint density at radius 3 is 3.00 bits per heavy atom. The smallest absolute Gasteiger partial charge is 0.127 e. The summed E-state index contributed by atoms with van der Waals surface area (Å²) in [6, 6.07) is 2.21. The molecule has 15 heavy (non-hydrogen) atoms. The van der Waals surface area contributed by atoms with Crippen LogP contribution in [0.2, 0.25) is 0 Å². The second-order valence-corrected chi connectivity index (χ2v) is 5.21. The largest absolute Gasteiger partial charge is 0.306 e. The molecule has 1 atom stereocenters. The number of aromatic nitrogens is 1. The van der Waals surface area contributed by atoms with Crippen LogP contribution in [0, 0.1) is 18.3 Å². The molecule has 0 spiro atoms. The van der Waals surface area contributed by atoms with Gasteiger partial charge in [-0.15, -0.1) is 11.3 Å². The van der Waals surface area contributed by atoms with Crippen molar-refractivity contribution in [3.63, 3.8) is 0 Å². The molecule has 1 aliphatic heterocycles. The summed E-state index contributed by atoms with van der Waals surface area (Å²) in [5.74, 6) is 0.537. The van der Waals surface area contributed by atoms with Gasteiger partial charge in [-0.05, 0) is 33.4 Å². The molecule has 0 bridgehead atoms. The standard InChI is InChI=1S/C11H15N3S/c1-8-10(6-12)15-11(13-8)9-4-3-5-14(2)7-9/h9H,3-5,7H2,1-2H3. The van der Waals surface area contributed by atoms with Crippen LogP contribution in [0.25, 0.3) is 0 Å². The zero-order valence-corrected chi connectivity index (χ0v) is 9.97. The lowest BCUT2D eigenvalue weighted by molar-refractivity contribution is 0.250. The highest BCUT2D eigenvalue weighted by atomic mass is 32.1. The highest BCUT2D eigenvalue weighted by molar-refractivity contribution is 7.12. The third-order valence-corrected chi connectivity index (χ3v) is 4.11. The van der Waals surface area contributed by atoms with Crippen molar-refractivity contribution in [2.24, 2.45) is 0 Å². The lowest BCUT2D eigenvalue weighted by Crippen LogP contribution is -2.30. The van der Waals surface area contributed by atoms with Gasteiger partial charge in [0.2, 0.25) is 0 Å². The van der Waals surface area contributed by atoms with E-state index in [9.17, 15) is 0 Å². The number of hydrogen-bond donors (Lipinski definition) is 0. The second kappa shape index (κ2) is 4.30. The van der Waals surface area contributed by atoms with Gasteiger partial charge >= 0.3 is 0 Å². The van der Waals surface area contributed by atoms with E-state index in [0.29, 0.717) is 5.92 Å². The van der Waals surface area contributed by atoms with Gasteiger partial charge in [0.15, 0.2) is 0 Å². The van der Waals surface area contributed by atoms with Crippen LogP contribution in [0.3, 0.4) is 0 Å². The minimum absolute atomic E-state index is 0.537. The normalized spacial score (nSPS) is 22.6. The van der Waals surface area contributed by atoms with Crippen LogP contribution < -0.4 is 0 Å². The van der Waals surface area contributed by atoms with Gasteiger partial charge in [0.05, 0.1) is 10.7 Å². The Morgan fingerprint density at radius 1 is 1.60 bits per heavy atom. The molecule has 2 rings (SSSR count). The molecule has 1 aromatic heterocycles. The first-order chi connectivity index (χ1) is 7.20. The number of likely N-dealkylation sites (N-methyl/N-ethyl adjacent to an activating group) is 1. The average molecular weight is 221 g/mol. The maximum absolute atomic E-state index is 8.89. The summed E-state index contributed by atoms with van der Waals surface area (Å²) in [6.45, 7) is 4.19. The topological polar surface area (TPSA) is 39.9 Å². The van der Waals surface area contributed by atoms with Crippen LogP contribution in [-0.2, 0) is 0 Å². The first-order valence-electron chi connectivity index (χ1n) is 5.26. The number of likely N-dealkylation sites (tertiary alicyclic amines) is 1. The van der Waals surface area contributed by atoms with E-state index in [-0.39, 0.29) is 0 Å². The zero-order chi connectivity index (χ0) is 10.8. The van der Waals surface area contributed by atoms with Crippen LogP contribution in [-0.4, -0.2) is 30.0 Å². The van der Waals surface area contributed by atoms with Crippen molar-refractivity contribution in [2.75, 3.05) is 20.1 Å². The molecule has 1 aromatic rings. The summed E-state index contributed by atoms with van der Waals surface area (Å²) in [4.78, 5) is 7.63. The molecule has 80 valence electrons. The van der Waals surface area contributed by atoms with Gasteiger partial charge in [-0.2, -0.15) is 5.26 Å². The van der Waals surface area contributed by atoms with E-state index in [1.54, 1.807) is 11.3 Å². The molecule has 0 aliphatic carbocycles. The quantitative estimate of drug-likeness (QED) is 0.729. The van der Waals surface area contributed by atoms with Gasteiger partial charge in [-0.25, -0.2) is 4.98 Å². The molecule has 1 aliphatic rings. The molecule has 0 saturated carbocycles. The number of rotatable bonds is 1. The van der Waals surface area contributed by atoms with Crippen LogP contribution in [0.5, 0.6) is 0 Å². The lowest BCUT2D eigenvalue weighted by atomic mass is 9.99. The molecule has 1 fully saturated rings. The Bertz CT molecular complexity index is 391. The maximum Gasteiger partial charge on any atom is 0.127 e. The van der Waals surface area contributed by atoms with E-state index in [1.807, 2.05) is 6.92 Å². The predicted molar refractivity (Wildman–Crippen MR) is 61.0 cm³/mol. The third-order valence-electron chi connectivity index (χ3n) is 2.89. The minimum atomic E-state index is 0.537. The average Bonchev–Trinajstić information content (AvgIpc) is 2.60. The van der Waals surface area contributed by atoms with Crippen LogP contribution >= 0.6 is 11.3 Å². The first kappa shape index (κ1) is 10.6. The van der Waals surface area contributed by atoms with Crippen molar-refractivity contribution < 1.29 is 0 Å². The summed E-state index contributed by atoms with van der Waals surface area (Å²) < 4.78 is 0. The minimum Gasteiger partial charge on any atom is -0.306 e. The van der Waals surface area contributed by atoms with E-state index in [2.05, 4.69) is 23.0 Å². The summed E-state index contributed by atoms with van der Waals surface area (Å²) in [5.41, 5.74) is 0.894. The van der Waals surface area contributed by atoms with Crippen LogP contribution in [0.1, 0.15) is 34.3 Å². The van der Waals surface area contributed by atoms with Gasteiger partial charge in [-0.1, -0.05) is 0 Å². The summed E-state index contributed by atoms with van der Waals surface area (Å²) in [5, 5.41) is 10.0. The number of thiazole rings is 1.